The quantitative estimate of drug-likeness (QED) is 0.652. The summed E-state index contributed by atoms with van der Waals surface area (Å²) >= 11 is 5.94. The first-order chi connectivity index (χ1) is 10.4. The fourth-order valence-corrected chi connectivity index (χ4v) is 3.14. The number of anilines is 1. The van der Waals surface area contributed by atoms with Gasteiger partial charge in [-0.3, -0.25) is 9.35 Å². The molecule has 2 N–H and O–H groups in total. The van der Waals surface area contributed by atoms with E-state index in [1.54, 1.807) is 24.3 Å². The molecule has 0 saturated heterocycles. The number of hydrogen-bond acceptors (Lipinski definition) is 3. The minimum Gasteiger partial charge on any atom is -0.321 e. The summed E-state index contributed by atoms with van der Waals surface area (Å²) < 4.78 is 32.1. The maximum Gasteiger partial charge on any atom is 0.295 e. The molecule has 0 aliphatic carbocycles. The van der Waals surface area contributed by atoms with Crippen molar-refractivity contribution >= 4 is 45.0 Å². The number of carbonyl (C=O) groups excluding carboxylic acids is 1. The summed E-state index contributed by atoms with van der Waals surface area (Å²) in [6, 6.07) is 10.8. The number of halogens is 1. The molecule has 1 aliphatic heterocycles. The minimum atomic E-state index is -4.38. The Morgan fingerprint density at radius 1 is 1.14 bits per heavy atom. The van der Waals surface area contributed by atoms with Gasteiger partial charge in [-0.15, -0.1) is 0 Å². The number of hydrogen-bond donors (Lipinski definition) is 2. The number of amides is 1. The van der Waals surface area contributed by atoms with Crippen molar-refractivity contribution in [3.63, 3.8) is 0 Å². The smallest absolute Gasteiger partial charge is 0.295 e. The Balaban J connectivity index is 2.20. The highest BCUT2D eigenvalue weighted by molar-refractivity contribution is 7.85. The molecule has 0 radical (unpaired) electrons. The number of fused-ring (bicyclic) bond motifs is 1. The average molecular weight is 336 g/mol. The van der Waals surface area contributed by atoms with Gasteiger partial charge < -0.3 is 5.32 Å². The van der Waals surface area contributed by atoms with Crippen LogP contribution in [0.3, 0.4) is 0 Å². The van der Waals surface area contributed by atoms with Crippen molar-refractivity contribution in [2.75, 3.05) is 5.32 Å². The van der Waals surface area contributed by atoms with Crippen molar-refractivity contribution in [2.24, 2.45) is 0 Å². The van der Waals surface area contributed by atoms with Crippen molar-refractivity contribution in [1.29, 1.82) is 0 Å². The monoisotopic (exact) mass is 335 g/mol. The van der Waals surface area contributed by atoms with Crippen LogP contribution < -0.4 is 5.32 Å². The molecule has 0 saturated carbocycles. The number of nitrogens with one attached hydrogen (secondary N) is 1. The van der Waals surface area contributed by atoms with E-state index in [0.717, 1.165) is 0 Å². The first kappa shape index (κ1) is 14.8. The topological polar surface area (TPSA) is 83.5 Å². The lowest BCUT2D eigenvalue weighted by Crippen LogP contribution is -2.05. The lowest BCUT2D eigenvalue weighted by molar-refractivity contribution is -0.110. The highest BCUT2D eigenvalue weighted by Crippen LogP contribution is 2.35. The molecule has 1 heterocycles. The van der Waals surface area contributed by atoms with Crippen LogP contribution in [0.15, 0.2) is 47.4 Å². The van der Waals surface area contributed by atoms with Crippen LogP contribution in [0.25, 0.3) is 11.6 Å². The number of rotatable bonds is 2. The van der Waals surface area contributed by atoms with E-state index in [1.165, 1.54) is 24.3 Å². The Kier molecular flexibility index (Phi) is 3.52. The molecule has 0 atom stereocenters. The van der Waals surface area contributed by atoms with Crippen LogP contribution in [0, 0.1) is 0 Å². The maximum atomic E-state index is 12.1. The summed E-state index contributed by atoms with van der Waals surface area (Å²) in [4.78, 5) is 11.8. The van der Waals surface area contributed by atoms with Crippen molar-refractivity contribution < 1.29 is 17.8 Å². The van der Waals surface area contributed by atoms with Gasteiger partial charge in [0.05, 0.1) is 0 Å². The van der Waals surface area contributed by atoms with E-state index in [1.807, 2.05) is 0 Å². The van der Waals surface area contributed by atoms with E-state index in [-0.39, 0.29) is 21.9 Å². The van der Waals surface area contributed by atoms with Crippen molar-refractivity contribution in [3.8, 4) is 0 Å². The third kappa shape index (κ3) is 2.64. The maximum absolute atomic E-state index is 12.1. The zero-order valence-electron chi connectivity index (χ0n) is 11.1. The molecule has 5 nitrogen and oxygen atoms in total. The van der Waals surface area contributed by atoms with Gasteiger partial charge in [0.25, 0.3) is 16.0 Å². The first-order valence-corrected chi connectivity index (χ1v) is 8.07. The normalized spacial score (nSPS) is 15.7. The van der Waals surface area contributed by atoms with E-state index in [2.05, 4.69) is 5.32 Å². The predicted octanol–water partition coefficient (Wildman–Crippen LogP) is 3.08. The fourth-order valence-electron chi connectivity index (χ4n) is 2.29. The van der Waals surface area contributed by atoms with Crippen LogP contribution in [0.5, 0.6) is 0 Å². The molecule has 3 rings (SSSR count). The summed E-state index contributed by atoms with van der Waals surface area (Å²) in [7, 11) is -4.38. The zero-order chi connectivity index (χ0) is 15.9. The van der Waals surface area contributed by atoms with Gasteiger partial charge in [-0.1, -0.05) is 29.8 Å². The molecule has 2 aromatic rings. The van der Waals surface area contributed by atoms with E-state index >= 15 is 0 Å². The van der Waals surface area contributed by atoms with Gasteiger partial charge in [0, 0.05) is 21.8 Å². The second-order valence-corrected chi connectivity index (χ2v) is 6.54. The minimum absolute atomic E-state index is 0.225. The fraction of sp³-hybridized carbons (Fsp3) is 0. The highest BCUT2D eigenvalue weighted by atomic mass is 35.5. The number of carbonyl (C=O) groups is 1. The van der Waals surface area contributed by atoms with Crippen LogP contribution in [-0.4, -0.2) is 18.9 Å². The van der Waals surface area contributed by atoms with Crippen LogP contribution in [0.1, 0.15) is 11.1 Å². The number of benzene rings is 2. The Morgan fingerprint density at radius 2 is 1.86 bits per heavy atom. The highest BCUT2D eigenvalue weighted by Gasteiger charge is 2.25. The summed E-state index contributed by atoms with van der Waals surface area (Å²) in [5, 5.41) is 3.14. The third-order valence-electron chi connectivity index (χ3n) is 3.26. The summed E-state index contributed by atoms with van der Waals surface area (Å²) in [5.41, 5.74) is 1.70. The van der Waals surface area contributed by atoms with Gasteiger partial charge in [0.15, 0.2) is 0 Å². The van der Waals surface area contributed by atoms with Gasteiger partial charge in [-0.25, -0.2) is 0 Å². The summed E-state index contributed by atoms with van der Waals surface area (Å²) in [6.07, 6.45) is 1.42. The third-order valence-corrected chi connectivity index (χ3v) is 4.42. The molecule has 0 fully saturated rings. The van der Waals surface area contributed by atoms with Crippen molar-refractivity contribution in [1.82, 2.24) is 0 Å². The van der Waals surface area contributed by atoms with E-state index in [9.17, 15) is 17.8 Å². The van der Waals surface area contributed by atoms with E-state index in [4.69, 9.17) is 11.6 Å². The summed E-state index contributed by atoms with van der Waals surface area (Å²) in [6.45, 7) is 0. The van der Waals surface area contributed by atoms with Gasteiger partial charge in [0.2, 0.25) is 0 Å². The Morgan fingerprint density at radius 3 is 2.59 bits per heavy atom. The molecule has 112 valence electrons. The lowest BCUT2D eigenvalue weighted by Gasteiger charge is -2.04. The first-order valence-electron chi connectivity index (χ1n) is 6.26. The molecular weight excluding hydrogens is 326 g/mol. The molecule has 0 spiro atoms. The largest absolute Gasteiger partial charge is 0.321 e. The van der Waals surface area contributed by atoms with Gasteiger partial charge in [0.1, 0.15) is 4.90 Å². The summed E-state index contributed by atoms with van der Waals surface area (Å²) in [5.74, 6) is -0.359. The standard InChI is InChI=1S/C15H10ClNO4S/c16-10-5-6-13-11(8-10)12(15(18)17-13)7-9-3-1-2-4-14(9)22(19,20)21/h1-8H,(H,17,18)(H,19,20,21)/b12-7+. The molecule has 0 aromatic heterocycles. The average Bonchev–Trinajstić information content (AvgIpc) is 2.74. The Labute approximate surface area is 132 Å². The van der Waals surface area contributed by atoms with Crippen molar-refractivity contribution in [2.45, 2.75) is 4.90 Å². The molecule has 0 unspecified atom stereocenters. The molecule has 1 amide bonds. The Hall–Kier alpha value is -2.15. The van der Waals surface area contributed by atoms with Gasteiger partial charge in [-0.05, 0) is 35.9 Å². The van der Waals surface area contributed by atoms with Crippen LogP contribution in [-0.2, 0) is 14.9 Å². The molecular formula is C15H10ClNO4S. The van der Waals surface area contributed by atoms with E-state index < -0.39 is 10.1 Å². The molecule has 2 aromatic carbocycles. The second-order valence-electron chi connectivity index (χ2n) is 4.71. The zero-order valence-corrected chi connectivity index (χ0v) is 12.6. The lowest BCUT2D eigenvalue weighted by atomic mass is 10.0. The van der Waals surface area contributed by atoms with Crippen molar-refractivity contribution in [3.05, 3.63) is 58.6 Å². The molecule has 22 heavy (non-hydrogen) atoms. The molecule has 0 bridgehead atoms. The van der Waals surface area contributed by atoms with E-state index in [0.29, 0.717) is 16.3 Å². The molecule has 7 heteroatoms. The Bertz CT molecular complexity index is 919. The van der Waals surface area contributed by atoms with Crippen LogP contribution in [0.2, 0.25) is 5.02 Å². The van der Waals surface area contributed by atoms with Gasteiger partial charge in [-0.2, -0.15) is 8.42 Å². The van der Waals surface area contributed by atoms with Gasteiger partial charge >= 0.3 is 0 Å². The second kappa shape index (κ2) is 5.24. The van der Waals surface area contributed by atoms with Crippen LogP contribution >= 0.6 is 11.6 Å². The van der Waals surface area contributed by atoms with Crippen LogP contribution in [0.4, 0.5) is 5.69 Å². The molecule has 1 aliphatic rings. The predicted molar refractivity (Wildman–Crippen MR) is 84.2 cm³/mol. The SMILES string of the molecule is O=C1Nc2ccc(Cl)cc2/C1=C\c1ccccc1S(=O)(=O)O.